The first-order valence-corrected chi connectivity index (χ1v) is 4.67. The van der Waals surface area contributed by atoms with Crippen LogP contribution in [0.3, 0.4) is 0 Å². The van der Waals surface area contributed by atoms with E-state index in [2.05, 4.69) is 29.5 Å². The highest BCUT2D eigenvalue weighted by atomic mass is 127. The zero-order valence-corrected chi connectivity index (χ0v) is 7.52. The molecule has 1 rings (SSSR count). The molecule has 0 saturated heterocycles. The van der Waals surface area contributed by atoms with Crippen molar-refractivity contribution >= 4 is 22.6 Å². The van der Waals surface area contributed by atoms with Crippen molar-refractivity contribution in [3.8, 4) is 0 Å². The average molecular weight is 224 g/mol. The van der Waals surface area contributed by atoms with Gasteiger partial charge < -0.3 is 0 Å². The lowest BCUT2D eigenvalue weighted by molar-refractivity contribution is 0.402. The van der Waals surface area contributed by atoms with Crippen molar-refractivity contribution in [3.63, 3.8) is 0 Å². The van der Waals surface area contributed by atoms with Gasteiger partial charge in [0, 0.05) is 3.92 Å². The van der Waals surface area contributed by atoms with Crippen LogP contribution in [0.2, 0.25) is 0 Å². The summed E-state index contributed by atoms with van der Waals surface area (Å²) in [7, 11) is 0. The second kappa shape index (κ2) is 3.04. The molecule has 0 aliphatic heterocycles. The fourth-order valence-corrected chi connectivity index (χ4v) is 2.67. The zero-order chi connectivity index (χ0) is 5.98. The first kappa shape index (κ1) is 6.84. The molecule has 0 aromatic rings. The van der Waals surface area contributed by atoms with E-state index in [1.807, 2.05) is 0 Å². The van der Waals surface area contributed by atoms with Crippen molar-refractivity contribution in [3.05, 3.63) is 0 Å². The van der Waals surface area contributed by atoms with Crippen molar-refractivity contribution < 1.29 is 0 Å². The third-order valence-corrected chi connectivity index (χ3v) is 3.00. The first-order chi connectivity index (χ1) is 3.79. The largest absolute Gasteiger partial charge is 0.0826 e. The fraction of sp³-hybridized carbons (Fsp3) is 1.00. The van der Waals surface area contributed by atoms with Crippen LogP contribution in [0.4, 0.5) is 0 Å². The van der Waals surface area contributed by atoms with Crippen LogP contribution in [0.15, 0.2) is 0 Å². The Kier molecular flexibility index (Phi) is 2.60. The van der Waals surface area contributed by atoms with Gasteiger partial charge in [0.05, 0.1) is 0 Å². The molecule has 0 unspecified atom stereocenters. The molecule has 2 atom stereocenters. The van der Waals surface area contributed by atoms with Crippen molar-refractivity contribution in [2.45, 2.75) is 36.5 Å². The van der Waals surface area contributed by atoms with Crippen LogP contribution in [0.25, 0.3) is 0 Å². The minimum Gasteiger partial charge on any atom is -0.0826 e. The van der Waals surface area contributed by atoms with Crippen LogP contribution in [0.1, 0.15) is 32.6 Å². The van der Waals surface area contributed by atoms with E-state index >= 15 is 0 Å². The minimum absolute atomic E-state index is 0.983. The second-order valence-corrected chi connectivity index (χ2v) is 4.63. The summed E-state index contributed by atoms with van der Waals surface area (Å²) in [4.78, 5) is 0. The number of halogens is 1. The molecule has 0 spiro atoms. The molecule has 48 valence electrons. The molecule has 0 aromatic heterocycles. The van der Waals surface area contributed by atoms with Crippen molar-refractivity contribution in [1.29, 1.82) is 0 Å². The lowest BCUT2D eigenvalue weighted by atomic mass is 9.91. The van der Waals surface area contributed by atoms with Gasteiger partial charge in [-0.15, -0.1) is 0 Å². The maximum atomic E-state index is 2.57. The van der Waals surface area contributed by atoms with Crippen LogP contribution in [0.5, 0.6) is 0 Å². The lowest BCUT2D eigenvalue weighted by Gasteiger charge is -2.21. The molecule has 0 aromatic carbocycles. The van der Waals surface area contributed by atoms with E-state index in [0.717, 1.165) is 9.84 Å². The second-order valence-electron chi connectivity index (χ2n) is 2.87. The van der Waals surface area contributed by atoms with Gasteiger partial charge in [-0.25, -0.2) is 0 Å². The monoisotopic (exact) mass is 224 g/mol. The van der Waals surface area contributed by atoms with E-state index in [4.69, 9.17) is 0 Å². The molecule has 0 N–H and O–H groups in total. The smallest absolute Gasteiger partial charge is 0.0112 e. The lowest BCUT2D eigenvalue weighted by Crippen LogP contribution is -2.11. The Bertz CT molecular complexity index is 62.8. The van der Waals surface area contributed by atoms with E-state index in [0.29, 0.717) is 0 Å². The summed E-state index contributed by atoms with van der Waals surface area (Å²) in [6.45, 7) is 2.37. The van der Waals surface area contributed by atoms with Crippen LogP contribution >= 0.6 is 22.6 Å². The first-order valence-electron chi connectivity index (χ1n) is 3.43. The predicted octanol–water partition coefficient (Wildman–Crippen LogP) is 3.00. The highest BCUT2D eigenvalue weighted by molar-refractivity contribution is 14.1. The number of hydrogen-bond donors (Lipinski definition) is 0. The summed E-state index contributed by atoms with van der Waals surface area (Å²) in [5.74, 6) is 1.01. The van der Waals surface area contributed by atoms with Gasteiger partial charge in [0.15, 0.2) is 0 Å². The Morgan fingerprint density at radius 1 is 1.38 bits per heavy atom. The molecule has 0 radical (unpaired) electrons. The van der Waals surface area contributed by atoms with Crippen LogP contribution in [-0.2, 0) is 0 Å². The van der Waals surface area contributed by atoms with Gasteiger partial charge in [-0.2, -0.15) is 0 Å². The Morgan fingerprint density at radius 3 is 2.50 bits per heavy atom. The molecule has 1 aliphatic rings. The maximum absolute atomic E-state index is 2.57. The van der Waals surface area contributed by atoms with Gasteiger partial charge in [-0.1, -0.05) is 42.4 Å². The van der Waals surface area contributed by atoms with Gasteiger partial charge >= 0.3 is 0 Å². The van der Waals surface area contributed by atoms with E-state index in [9.17, 15) is 0 Å². The van der Waals surface area contributed by atoms with E-state index in [1.54, 1.807) is 0 Å². The fourth-order valence-electron chi connectivity index (χ4n) is 1.36. The molecule has 1 fully saturated rings. The number of hydrogen-bond acceptors (Lipinski definition) is 0. The van der Waals surface area contributed by atoms with Crippen LogP contribution < -0.4 is 0 Å². The average Bonchev–Trinajstić information content (AvgIpc) is 1.64. The zero-order valence-electron chi connectivity index (χ0n) is 5.36. The molecule has 0 heterocycles. The molecule has 1 heteroatoms. The quantitative estimate of drug-likeness (QED) is 0.438. The minimum atomic E-state index is 0.983. The summed E-state index contributed by atoms with van der Waals surface area (Å²) in [6.07, 6.45) is 5.86. The van der Waals surface area contributed by atoms with E-state index in [1.165, 1.54) is 25.7 Å². The topological polar surface area (TPSA) is 0 Å². The van der Waals surface area contributed by atoms with Gasteiger partial charge in [-0.05, 0) is 18.8 Å². The molecular weight excluding hydrogens is 211 g/mol. The van der Waals surface area contributed by atoms with Gasteiger partial charge in [0.25, 0.3) is 0 Å². The normalized spacial score (nSPS) is 39.8. The molecule has 0 nitrogen and oxygen atoms in total. The van der Waals surface area contributed by atoms with Crippen molar-refractivity contribution in [1.82, 2.24) is 0 Å². The van der Waals surface area contributed by atoms with Crippen LogP contribution in [0, 0.1) is 5.92 Å². The highest BCUT2D eigenvalue weighted by Gasteiger charge is 2.14. The summed E-state index contributed by atoms with van der Waals surface area (Å²) in [5.41, 5.74) is 0. The highest BCUT2D eigenvalue weighted by Crippen LogP contribution is 2.28. The van der Waals surface area contributed by atoms with Crippen molar-refractivity contribution in [2.24, 2.45) is 5.92 Å². The molecule has 1 saturated carbocycles. The third-order valence-electron chi connectivity index (χ3n) is 1.87. The Balaban J connectivity index is 2.23. The molecular formula is C7H13I. The van der Waals surface area contributed by atoms with Crippen molar-refractivity contribution in [2.75, 3.05) is 0 Å². The Hall–Kier alpha value is 0.730. The third kappa shape index (κ3) is 1.92. The summed E-state index contributed by atoms with van der Waals surface area (Å²) < 4.78 is 0.983. The van der Waals surface area contributed by atoms with Gasteiger partial charge in [0.1, 0.15) is 0 Å². The molecule has 0 bridgehead atoms. The van der Waals surface area contributed by atoms with Gasteiger partial charge in [0.2, 0.25) is 0 Å². The number of alkyl halides is 1. The van der Waals surface area contributed by atoms with Crippen LogP contribution in [-0.4, -0.2) is 3.92 Å². The molecule has 1 aliphatic carbocycles. The molecule has 8 heavy (non-hydrogen) atoms. The molecule has 0 amide bonds. The summed E-state index contributed by atoms with van der Waals surface area (Å²) in [5, 5.41) is 0. The summed E-state index contributed by atoms with van der Waals surface area (Å²) >= 11 is 2.57. The summed E-state index contributed by atoms with van der Waals surface area (Å²) in [6, 6.07) is 0. The Labute approximate surface area is 65.2 Å². The SMILES string of the molecule is C[C@@H]1CCC[C@@H](I)C1. The maximum Gasteiger partial charge on any atom is 0.0112 e. The number of rotatable bonds is 0. The Morgan fingerprint density at radius 2 is 2.12 bits per heavy atom. The van der Waals surface area contributed by atoms with Gasteiger partial charge in [-0.3, -0.25) is 0 Å². The predicted molar refractivity (Wildman–Crippen MR) is 45.4 cm³/mol. The van der Waals surface area contributed by atoms with E-state index < -0.39 is 0 Å². The van der Waals surface area contributed by atoms with E-state index in [-0.39, 0.29) is 0 Å². The standard InChI is InChI=1S/C7H13I/c1-6-3-2-4-7(8)5-6/h6-7H,2-5H2,1H3/t6-,7-/m1/s1.